The summed E-state index contributed by atoms with van der Waals surface area (Å²) < 4.78 is 31.1. The van der Waals surface area contributed by atoms with Crippen molar-refractivity contribution in [2.75, 3.05) is 5.75 Å². The number of aliphatic hydroxyl groups is 1. The van der Waals surface area contributed by atoms with E-state index in [2.05, 4.69) is 0 Å². The van der Waals surface area contributed by atoms with Crippen molar-refractivity contribution in [1.82, 2.24) is 0 Å². The minimum absolute atomic E-state index is 0. The van der Waals surface area contributed by atoms with Gasteiger partial charge in [0.15, 0.2) is 0 Å². The minimum atomic E-state index is -4.01. The Hall–Kier alpha value is 1.51. The standard InChI is InChI=1S/C14H30O4S.K/c1-2-14(15)12-10-8-6-4-3-5-7-9-11-13-19(16,17)18;/h14-15H,2-13H2,1H3,(H,16,17,18);/q;+1/p-1. The van der Waals surface area contributed by atoms with Crippen LogP contribution in [0.1, 0.15) is 77.6 Å². The molecule has 0 aromatic heterocycles. The van der Waals surface area contributed by atoms with E-state index in [1.165, 1.54) is 25.7 Å². The summed E-state index contributed by atoms with van der Waals surface area (Å²) in [6.07, 6.45) is 11.0. The molecule has 0 aromatic carbocycles. The van der Waals surface area contributed by atoms with Gasteiger partial charge in [-0.2, -0.15) is 0 Å². The molecule has 20 heavy (non-hydrogen) atoms. The van der Waals surface area contributed by atoms with Crippen molar-refractivity contribution in [3.05, 3.63) is 0 Å². The fourth-order valence-electron chi connectivity index (χ4n) is 2.10. The maximum absolute atomic E-state index is 10.4. The molecule has 1 unspecified atom stereocenters. The van der Waals surface area contributed by atoms with Crippen LogP contribution in [0.25, 0.3) is 0 Å². The van der Waals surface area contributed by atoms with Crippen molar-refractivity contribution in [3.63, 3.8) is 0 Å². The van der Waals surface area contributed by atoms with Crippen LogP contribution in [0.15, 0.2) is 0 Å². The normalized spacial score (nSPS) is 12.9. The SMILES string of the molecule is CCC(O)CCCCCCCCCCCS(=O)(=O)[O-].[K+]. The molecule has 0 amide bonds. The number of hydrogen-bond donors (Lipinski definition) is 1. The fraction of sp³-hybridized carbons (Fsp3) is 1.00. The van der Waals surface area contributed by atoms with Gasteiger partial charge in [0.25, 0.3) is 0 Å². The molecule has 6 heteroatoms. The van der Waals surface area contributed by atoms with Crippen LogP contribution in [-0.2, 0) is 10.1 Å². The Morgan fingerprint density at radius 1 is 0.900 bits per heavy atom. The minimum Gasteiger partial charge on any atom is -0.748 e. The molecule has 0 radical (unpaired) electrons. The topological polar surface area (TPSA) is 77.4 Å². The first-order valence-electron chi connectivity index (χ1n) is 7.57. The van der Waals surface area contributed by atoms with E-state index in [4.69, 9.17) is 0 Å². The molecule has 0 saturated heterocycles. The summed E-state index contributed by atoms with van der Waals surface area (Å²) in [5.74, 6) is -0.216. The second-order valence-corrected chi connectivity index (χ2v) is 6.82. The number of aliphatic hydroxyl groups excluding tert-OH is 1. The Labute approximate surface area is 167 Å². The van der Waals surface area contributed by atoms with Gasteiger partial charge in [-0.15, -0.1) is 0 Å². The van der Waals surface area contributed by atoms with Crippen molar-refractivity contribution in [2.45, 2.75) is 83.7 Å². The molecule has 1 atom stereocenters. The van der Waals surface area contributed by atoms with Gasteiger partial charge in [-0.3, -0.25) is 0 Å². The molecule has 0 aliphatic heterocycles. The van der Waals surface area contributed by atoms with Gasteiger partial charge in [-0.1, -0.05) is 58.3 Å². The van der Waals surface area contributed by atoms with Crippen molar-refractivity contribution >= 4 is 10.1 Å². The van der Waals surface area contributed by atoms with Crippen LogP contribution in [-0.4, -0.2) is 29.9 Å². The van der Waals surface area contributed by atoms with Crippen molar-refractivity contribution < 1.29 is 69.5 Å². The van der Waals surface area contributed by atoms with Gasteiger partial charge in [0, 0.05) is 5.75 Å². The zero-order valence-corrected chi connectivity index (χ0v) is 17.1. The third kappa shape index (κ3) is 19.5. The van der Waals surface area contributed by atoms with Gasteiger partial charge in [0.05, 0.1) is 16.2 Å². The monoisotopic (exact) mass is 332 g/mol. The Bertz CT molecular complexity index is 294. The van der Waals surface area contributed by atoms with E-state index >= 15 is 0 Å². The van der Waals surface area contributed by atoms with E-state index in [1.807, 2.05) is 6.92 Å². The molecule has 0 aliphatic rings. The van der Waals surface area contributed by atoms with Crippen LogP contribution in [0.4, 0.5) is 0 Å². The first-order valence-corrected chi connectivity index (χ1v) is 9.15. The maximum Gasteiger partial charge on any atom is 1.00 e. The molecular formula is C14H29KO4S. The van der Waals surface area contributed by atoms with Gasteiger partial charge in [0.2, 0.25) is 0 Å². The Morgan fingerprint density at radius 2 is 1.30 bits per heavy atom. The summed E-state index contributed by atoms with van der Waals surface area (Å²) in [6, 6.07) is 0. The Morgan fingerprint density at radius 3 is 1.70 bits per heavy atom. The summed E-state index contributed by atoms with van der Waals surface area (Å²) in [5.41, 5.74) is 0. The first-order chi connectivity index (χ1) is 8.95. The van der Waals surface area contributed by atoms with E-state index in [1.54, 1.807) is 0 Å². The quantitative estimate of drug-likeness (QED) is 0.297. The smallest absolute Gasteiger partial charge is 0.748 e. The summed E-state index contributed by atoms with van der Waals surface area (Å²) in [7, 11) is -4.01. The number of unbranched alkanes of at least 4 members (excludes halogenated alkanes) is 8. The molecule has 0 aliphatic carbocycles. The third-order valence-corrected chi connectivity index (χ3v) is 4.19. The van der Waals surface area contributed by atoms with E-state index in [0.717, 1.165) is 38.5 Å². The molecule has 4 nitrogen and oxygen atoms in total. The predicted octanol–water partition coefficient (Wildman–Crippen LogP) is 0.208. The predicted molar refractivity (Wildman–Crippen MR) is 77.0 cm³/mol. The summed E-state index contributed by atoms with van der Waals surface area (Å²) in [5, 5.41) is 9.37. The van der Waals surface area contributed by atoms with Gasteiger partial charge in [-0.05, 0) is 19.3 Å². The Kier molecular flexibility index (Phi) is 18.3. The zero-order valence-electron chi connectivity index (χ0n) is 13.1. The molecule has 0 bridgehead atoms. The summed E-state index contributed by atoms with van der Waals surface area (Å²) in [4.78, 5) is 0. The van der Waals surface area contributed by atoms with E-state index in [9.17, 15) is 18.1 Å². The molecule has 0 saturated carbocycles. The molecular weight excluding hydrogens is 303 g/mol. The van der Waals surface area contributed by atoms with Crippen LogP contribution in [0.5, 0.6) is 0 Å². The molecule has 0 aromatic rings. The van der Waals surface area contributed by atoms with Crippen LogP contribution in [0.3, 0.4) is 0 Å². The van der Waals surface area contributed by atoms with E-state index in [0.29, 0.717) is 6.42 Å². The van der Waals surface area contributed by atoms with Crippen LogP contribution >= 0.6 is 0 Å². The average molecular weight is 333 g/mol. The summed E-state index contributed by atoms with van der Waals surface area (Å²) in [6.45, 7) is 2.00. The van der Waals surface area contributed by atoms with Gasteiger partial charge < -0.3 is 9.66 Å². The first kappa shape index (κ1) is 23.8. The second-order valence-electron chi connectivity index (χ2n) is 5.29. The largest absolute Gasteiger partial charge is 1.00 e. The number of hydrogen-bond acceptors (Lipinski definition) is 4. The van der Waals surface area contributed by atoms with Gasteiger partial charge in [-0.25, -0.2) is 8.42 Å². The zero-order chi connectivity index (χ0) is 14.6. The van der Waals surface area contributed by atoms with Gasteiger partial charge >= 0.3 is 51.4 Å². The summed E-state index contributed by atoms with van der Waals surface area (Å²) >= 11 is 0. The van der Waals surface area contributed by atoms with Crippen LogP contribution in [0, 0.1) is 0 Å². The molecule has 116 valence electrons. The second kappa shape index (κ2) is 15.4. The van der Waals surface area contributed by atoms with Crippen LogP contribution < -0.4 is 51.4 Å². The Balaban J connectivity index is 0. The van der Waals surface area contributed by atoms with Crippen molar-refractivity contribution in [1.29, 1.82) is 0 Å². The van der Waals surface area contributed by atoms with E-state index in [-0.39, 0.29) is 63.2 Å². The molecule has 0 spiro atoms. The average Bonchev–Trinajstić information content (AvgIpc) is 2.34. The van der Waals surface area contributed by atoms with Crippen LogP contribution in [0.2, 0.25) is 0 Å². The third-order valence-electron chi connectivity index (χ3n) is 3.40. The van der Waals surface area contributed by atoms with Gasteiger partial charge in [0.1, 0.15) is 0 Å². The molecule has 1 N–H and O–H groups in total. The van der Waals surface area contributed by atoms with Crippen molar-refractivity contribution in [3.8, 4) is 0 Å². The van der Waals surface area contributed by atoms with Crippen molar-refractivity contribution in [2.24, 2.45) is 0 Å². The van der Waals surface area contributed by atoms with E-state index < -0.39 is 10.1 Å². The molecule has 0 heterocycles. The number of rotatable bonds is 13. The maximum atomic E-state index is 10.4. The molecule has 0 rings (SSSR count). The fourth-order valence-corrected chi connectivity index (χ4v) is 2.66. The molecule has 0 fully saturated rings.